The Morgan fingerprint density at radius 3 is 1.87 bits per heavy atom. The van der Waals surface area contributed by atoms with E-state index in [0.29, 0.717) is 6.08 Å². The number of carbonyl (C=O) groups is 2. The van der Waals surface area contributed by atoms with Crippen molar-refractivity contribution in [2.24, 2.45) is 0 Å². The highest BCUT2D eigenvalue weighted by atomic mass is 19.4. The molecule has 1 aromatic rings. The van der Waals surface area contributed by atoms with Crippen LogP contribution in [0.5, 0.6) is 17.2 Å². The third-order valence-corrected chi connectivity index (χ3v) is 3.49. The number of hydrogen-bond acceptors (Lipinski definition) is 6. The van der Waals surface area contributed by atoms with Gasteiger partial charge in [-0.1, -0.05) is 6.07 Å². The van der Waals surface area contributed by atoms with Gasteiger partial charge in [0.15, 0.2) is 18.1 Å². The Hall–Kier alpha value is -3.06. The normalized spacial score (nSPS) is 12.7. The monoisotopic (exact) mass is 466 g/mol. The summed E-state index contributed by atoms with van der Waals surface area (Å²) in [6.45, 7) is -2.67. The lowest BCUT2D eigenvalue weighted by Crippen LogP contribution is -2.59. The molecule has 31 heavy (non-hydrogen) atoms. The van der Waals surface area contributed by atoms with E-state index in [1.807, 2.05) is 0 Å². The van der Waals surface area contributed by atoms with E-state index in [1.54, 1.807) is 0 Å². The number of benzene rings is 1. The van der Waals surface area contributed by atoms with Crippen molar-refractivity contribution in [2.75, 3.05) is 20.8 Å². The summed E-state index contributed by atoms with van der Waals surface area (Å²) in [4.78, 5) is 23.1. The van der Waals surface area contributed by atoms with Gasteiger partial charge in [-0.3, -0.25) is 0 Å². The van der Waals surface area contributed by atoms with Gasteiger partial charge in [0.25, 0.3) is 0 Å². The number of ether oxygens (including phenoxy) is 4. The lowest BCUT2D eigenvalue weighted by molar-refractivity contribution is -0.344. The van der Waals surface area contributed by atoms with E-state index in [2.05, 4.69) is 4.74 Å². The Morgan fingerprint density at radius 2 is 1.42 bits per heavy atom. The second-order valence-electron chi connectivity index (χ2n) is 5.56. The molecule has 0 unspecified atom stereocenters. The minimum atomic E-state index is -6.53. The van der Waals surface area contributed by atoms with Gasteiger partial charge in [-0.25, -0.2) is 18.4 Å². The molecule has 1 aromatic carbocycles. The van der Waals surface area contributed by atoms with Crippen LogP contribution >= 0.6 is 0 Å². The minimum absolute atomic E-state index is 0.0329. The van der Waals surface area contributed by atoms with Crippen molar-refractivity contribution >= 4 is 11.9 Å². The van der Waals surface area contributed by atoms with Crippen LogP contribution in [-0.4, -0.2) is 57.0 Å². The smallest absolute Gasteiger partial charge is 0.381 e. The van der Waals surface area contributed by atoms with Crippen molar-refractivity contribution in [1.82, 2.24) is 0 Å². The molecule has 0 N–H and O–H groups in total. The second kappa shape index (κ2) is 9.83. The summed E-state index contributed by atoms with van der Waals surface area (Å²) < 4.78 is 121. The van der Waals surface area contributed by atoms with Gasteiger partial charge in [-0.2, -0.15) is 26.3 Å². The van der Waals surface area contributed by atoms with Crippen molar-refractivity contribution in [3.63, 3.8) is 0 Å². The first-order chi connectivity index (χ1) is 14.2. The predicted molar refractivity (Wildman–Crippen MR) is 86.1 cm³/mol. The number of halogens is 8. The number of hydrogen-bond donors (Lipinski definition) is 0. The average molecular weight is 466 g/mol. The van der Waals surface area contributed by atoms with E-state index < -0.39 is 42.7 Å². The summed E-state index contributed by atoms with van der Waals surface area (Å²) in [5, 5.41) is 0. The van der Waals surface area contributed by atoms with Gasteiger partial charge in [-0.15, -0.1) is 0 Å². The first kappa shape index (κ1) is 26.0. The Balaban J connectivity index is 2.80. The van der Waals surface area contributed by atoms with Gasteiger partial charge in [0.1, 0.15) is 0 Å². The topological polar surface area (TPSA) is 71.1 Å². The number of rotatable bonds is 10. The van der Waals surface area contributed by atoms with Crippen molar-refractivity contribution in [1.29, 1.82) is 0 Å². The fraction of sp³-hybridized carbons (Fsp3) is 0.412. The Kier molecular flexibility index (Phi) is 8.24. The Bertz CT molecular complexity index is 803. The number of alkyl halides is 8. The van der Waals surface area contributed by atoms with E-state index in [1.165, 1.54) is 32.4 Å². The van der Waals surface area contributed by atoms with Crippen LogP contribution in [0.3, 0.4) is 0 Å². The lowest BCUT2D eigenvalue weighted by atomic mass is 10.1. The number of esters is 2. The molecule has 0 bridgehead atoms. The van der Waals surface area contributed by atoms with E-state index in [9.17, 15) is 44.7 Å². The van der Waals surface area contributed by atoms with Crippen LogP contribution in [0.25, 0.3) is 0 Å². The molecule has 1 rings (SSSR count). The molecule has 0 heterocycles. The van der Waals surface area contributed by atoms with Crippen LogP contribution in [0.15, 0.2) is 30.4 Å². The molecule has 0 radical (unpaired) electrons. The van der Waals surface area contributed by atoms with E-state index in [4.69, 9.17) is 14.2 Å². The SMILES string of the molecule is COc1cccc(OC)c1OC(=O)/C=C/C(=O)OCC(F)(F)C(F)(F)C(F)(F)C(F)F. The van der Waals surface area contributed by atoms with E-state index in [0.717, 1.165) is 0 Å². The predicted octanol–water partition coefficient (Wildman–Crippen LogP) is 3.88. The largest absolute Gasteiger partial charge is 0.493 e. The molecule has 0 aliphatic rings. The van der Waals surface area contributed by atoms with Gasteiger partial charge < -0.3 is 18.9 Å². The molecule has 174 valence electrons. The third-order valence-electron chi connectivity index (χ3n) is 3.49. The Labute approximate surface area is 169 Å². The fourth-order valence-corrected chi connectivity index (χ4v) is 1.87. The lowest BCUT2D eigenvalue weighted by Gasteiger charge is -2.31. The van der Waals surface area contributed by atoms with Crippen LogP contribution in [0.1, 0.15) is 0 Å². The summed E-state index contributed by atoms with van der Waals surface area (Å²) >= 11 is 0. The molecule has 0 aromatic heterocycles. The quantitative estimate of drug-likeness (QED) is 0.226. The highest BCUT2D eigenvalue weighted by molar-refractivity contribution is 5.93. The van der Waals surface area contributed by atoms with Gasteiger partial charge in [0.2, 0.25) is 5.75 Å². The van der Waals surface area contributed by atoms with Crippen LogP contribution in [0.2, 0.25) is 0 Å². The van der Waals surface area contributed by atoms with Crippen molar-refractivity contribution in [3.05, 3.63) is 30.4 Å². The molecule has 0 spiro atoms. The molecule has 14 heteroatoms. The van der Waals surface area contributed by atoms with Crippen LogP contribution in [0.4, 0.5) is 35.1 Å². The molecule has 0 saturated heterocycles. The highest BCUT2D eigenvalue weighted by Gasteiger charge is 2.75. The van der Waals surface area contributed by atoms with Crippen molar-refractivity contribution in [3.8, 4) is 17.2 Å². The summed E-state index contributed by atoms with van der Waals surface area (Å²) in [7, 11) is 2.46. The first-order valence-corrected chi connectivity index (χ1v) is 7.90. The summed E-state index contributed by atoms with van der Waals surface area (Å²) in [5.41, 5.74) is 0. The van der Waals surface area contributed by atoms with Gasteiger partial charge in [0, 0.05) is 12.2 Å². The molecule has 0 atom stereocenters. The van der Waals surface area contributed by atoms with E-state index >= 15 is 0 Å². The Morgan fingerprint density at radius 1 is 0.935 bits per heavy atom. The van der Waals surface area contributed by atoms with Crippen LogP contribution < -0.4 is 14.2 Å². The highest BCUT2D eigenvalue weighted by Crippen LogP contribution is 2.48. The molecular weight excluding hydrogens is 452 g/mol. The maximum Gasteiger partial charge on any atom is 0.381 e. The zero-order valence-corrected chi connectivity index (χ0v) is 15.6. The summed E-state index contributed by atoms with van der Waals surface area (Å²) in [5.74, 6) is -22.1. The molecule has 0 aliphatic carbocycles. The maximum atomic E-state index is 13.3. The minimum Gasteiger partial charge on any atom is -0.493 e. The maximum absolute atomic E-state index is 13.3. The summed E-state index contributed by atoms with van der Waals surface area (Å²) in [6.07, 6.45) is -4.62. The number of methoxy groups -OCH3 is 2. The number of para-hydroxylation sites is 1. The van der Waals surface area contributed by atoms with Crippen molar-refractivity contribution in [2.45, 2.75) is 24.2 Å². The van der Waals surface area contributed by atoms with Gasteiger partial charge in [0.05, 0.1) is 14.2 Å². The third kappa shape index (κ3) is 5.76. The zero-order chi connectivity index (χ0) is 24.0. The van der Waals surface area contributed by atoms with Crippen LogP contribution in [-0.2, 0) is 14.3 Å². The number of carbonyl (C=O) groups excluding carboxylic acids is 2. The van der Waals surface area contributed by atoms with Crippen LogP contribution in [0, 0.1) is 0 Å². The summed E-state index contributed by atoms with van der Waals surface area (Å²) in [6, 6.07) is 4.23. The average Bonchev–Trinajstić information content (AvgIpc) is 2.70. The molecule has 6 nitrogen and oxygen atoms in total. The standard InChI is InChI=1S/C17H14F8O6/c1-28-9-4-3-5-10(29-2)13(9)31-12(27)7-6-11(26)30-8-15(20,21)17(24,25)16(22,23)14(18)19/h3-7,14H,8H2,1-2H3/b7-6+. The molecule has 0 amide bonds. The molecule has 0 fully saturated rings. The van der Waals surface area contributed by atoms with Crippen molar-refractivity contribution < 1.29 is 63.7 Å². The van der Waals surface area contributed by atoms with E-state index in [-0.39, 0.29) is 23.3 Å². The zero-order valence-electron chi connectivity index (χ0n) is 15.6. The second-order valence-corrected chi connectivity index (χ2v) is 5.56. The molecule has 0 aliphatic heterocycles. The molecule has 0 saturated carbocycles. The fourth-order valence-electron chi connectivity index (χ4n) is 1.87. The van der Waals surface area contributed by atoms with Gasteiger partial charge in [-0.05, 0) is 12.1 Å². The molecular formula is C17H14F8O6. The first-order valence-electron chi connectivity index (χ1n) is 7.90. The van der Waals surface area contributed by atoms with Gasteiger partial charge >= 0.3 is 36.1 Å².